The average molecular weight is 490 g/mol. The fourth-order valence-electron chi connectivity index (χ4n) is 7.02. The average Bonchev–Trinajstić information content (AvgIpc) is 3.09. The molecule has 0 amide bonds. The second-order valence-electron chi connectivity index (χ2n) is 11.3. The number of fused-ring (bicyclic) bond motifs is 4. The highest BCUT2D eigenvalue weighted by Crippen LogP contribution is 2.60. The van der Waals surface area contributed by atoms with E-state index in [9.17, 15) is 15.3 Å². The molecular weight excluding hydrogens is 450 g/mol. The number of aliphatic hydroxyl groups excluding tert-OH is 2. The van der Waals surface area contributed by atoms with Gasteiger partial charge >= 0.3 is 0 Å². The fraction of sp³-hybridized carbons (Fsp3) is 0.500. The number of nitrogens with zero attached hydrogens (tertiary/aromatic N) is 1. The van der Waals surface area contributed by atoms with Gasteiger partial charge in [0.25, 0.3) is 0 Å². The molecule has 1 aromatic heterocycles. The molecule has 0 aliphatic heterocycles. The van der Waals surface area contributed by atoms with E-state index in [0.717, 1.165) is 34.8 Å². The predicted octanol–water partition coefficient (Wildman–Crippen LogP) is 4.12. The lowest BCUT2D eigenvalue weighted by atomic mass is 9.61. The summed E-state index contributed by atoms with van der Waals surface area (Å²) in [5.41, 5.74) is 10.5. The summed E-state index contributed by atoms with van der Waals surface area (Å²) in [6, 6.07) is 8.34. The molecule has 4 unspecified atom stereocenters. The zero-order valence-corrected chi connectivity index (χ0v) is 21.6. The summed E-state index contributed by atoms with van der Waals surface area (Å²) in [5.74, 6) is 0.839. The number of nitrogen functional groups attached to an aromatic ring is 1. The molecule has 5 atom stereocenters. The van der Waals surface area contributed by atoms with Crippen LogP contribution in [0.25, 0.3) is 16.3 Å². The third-order valence-electron chi connectivity index (χ3n) is 8.85. The number of hydrogen-bond acceptors (Lipinski definition) is 6. The van der Waals surface area contributed by atoms with Gasteiger partial charge in [-0.3, -0.25) is 0 Å². The number of aliphatic hydroxyl groups is 3. The number of rotatable bonds is 1. The van der Waals surface area contributed by atoms with Crippen molar-refractivity contribution in [2.45, 2.75) is 69.7 Å². The molecule has 0 saturated heterocycles. The van der Waals surface area contributed by atoms with Gasteiger partial charge in [-0.25, -0.2) is 4.98 Å². The molecule has 1 heterocycles. The number of pyridine rings is 1. The van der Waals surface area contributed by atoms with Gasteiger partial charge in [0.1, 0.15) is 5.82 Å². The Balaban J connectivity index is 0.000000848. The summed E-state index contributed by atoms with van der Waals surface area (Å²) in [6.07, 6.45) is 10.0. The van der Waals surface area contributed by atoms with E-state index in [-0.39, 0.29) is 5.41 Å². The van der Waals surface area contributed by atoms with Crippen molar-refractivity contribution in [3.8, 4) is 0 Å². The monoisotopic (exact) mass is 489 g/mol. The quantitative estimate of drug-likeness (QED) is 0.412. The zero-order chi connectivity index (χ0) is 25.7. The number of nitrogens with two attached hydrogens (primary N) is 1. The highest BCUT2D eigenvalue weighted by Gasteiger charge is 2.50. The van der Waals surface area contributed by atoms with Crippen molar-refractivity contribution < 1.29 is 15.3 Å². The number of allylic oxidation sites excluding steroid dienone is 3. The maximum absolute atomic E-state index is 11.4. The number of anilines is 1. The van der Waals surface area contributed by atoms with E-state index in [0.29, 0.717) is 43.8 Å². The van der Waals surface area contributed by atoms with Crippen LogP contribution in [-0.4, -0.2) is 52.2 Å². The molecule has 4 aliphatic carbocycles. The summed E-state index contributed by atoms with van der Waals surface area (Å²) >= 11 is 0. The molecule has 6 heteroatoms. The minimum absolute atomic E-state index is 0.163. The van der Waals surface area contributed by atoms with Crippen LogP contribution in [0, 0.1) is 11.3 Å². The van der Waals surface area contributed by atoms with Crippen molar-refractivity contribution in [3.05, 3.63) is 64.9 Å². The van der Waals surface area contributed by atoms with E-state index in [4.69, 9.17) is 5.73 Å². The fourth-order valence-corrected chi connectivity index (χ4v) is 7.02. The van der Waals surface area contributed by atoms with Crippen molar-refractivity contribution in [1.82, 2.24) is 10.3 Å². The molecule has 6 rings (SSSR count). The van der Waals surface area contributed by atoms with Gasteiger partial charge in [-0.1, -0.05) is 36.8 Å². The zero-order valence-electron chi connectivity index (χ0n) is 21.6. The lowest BCUT2D eigenvalue weighted by Crippen LogP contribution is -2.38. The smallest absolute Gasteiger partial charge is 0.123 e. The Kier molecular flexibility index (Phi) is 6.58. The molecular formula is C30H39N3O3. The van der Waals surface area contributed by atoms with Crippen LogP contribution in [0.4, 0.5) is 5.82 Å². The number of nitrogens with one attached hydrogen (secondary N) is 1. The SMILES string of the molecule is CC12CC(O)C3=C(CC[C@@]4(O)CCC(O)CC4=C3)C1CC=C2c1ccc2cc(N)ncc2c1.CNC. The van der Waals surface area contributed by atoms with E-state index in [1.54, 1.807) is 0 Å². The molecule has 192 valence electrons. The molecule has 1 fully saturated rings. The van der Waals surface area contributed by atoms with E-state index >= 15 is 0 Å². The topological polar surface area (TPSA) is 112 Å². The standard InChI is InChI=1S/C28H32N2O3.C2H7N/c1-27-14-25(32)22-13-19-12-20(31)6-8-28(19,33)9-7-21(22)24(27)5-4-23(27)17-3-2-16-11-26(29)30-15-18(16)10-17;1-3-2/h2-4,10-11,13,15,20,24-25,31-33H,5-9,12,14H2,1H3,(H2,29,30);3H,1-2H3/t20?,24?,25?,27?,28-;/m0./s1. The minimum atomic E-state index is -0.852. The summed E-state index contributed by atoms with van der Waals surface area (Å²) in [6.45, 7) is 2.29. The first-order valence-corrected chi connectivity index (χ1v) is 13.2. The molecule has 0 bridgehead atoms. The molecule has 1 aromatic carbocycles. The highest BCUT2D eigenvalue weighted by atomic mass is 16.3. The summed E-state index contributed by atoms with van der Waals surface area (Å²) < 4.78 is 0. The number of hydrogen-bond donors (Lipinski definition) is 5. The molecule has 1 saturated carbocycles. The molecule has 0 radical (unpaired) electrons. The molecule has 4 aliphatic rings. The molecule has 0 spiro atoms. The Morgan fingerprint density at radius 2 is 1.89 bits per heavy atom. The Hall–Kier alpha value is -2.51. The van der Waals surface area contributed by atoms with E-state index < -0.39 is 17.8 Å². The van der Waals surface area contributed by atoms with Crippen molar-refractivity contribution in [2.24, 2.45) is 11.3 Å². The Labute approximate surface area is 213 Å². The van der Waals surface area contributed by atoms with Crippen LogP contribution >= 0.6 is 0 Å². The molecule has 6 N–H and O–H groups in total. The van der Waals surface area contributed by atoms with E-state index in [1.165, 1.54) is 16.7 Å². The van der Waals surface area contributed by atoms with Crippen molar-refractivity contribution >= 4 is 22.2 Å². The van der Waals surface area contributed by atoms with Crippen LogP contribution in [0.5, 0.6) is 0 Å². The lowest BCUT2D eigenvalue weighted by Gasteiger charge is -2.43. The van der Waals surface area contributed by atoms with Crippen LogP contribution in [0.15, 0.2) is 59.3 Å². The highest BCUT2D eigenvalue weighted by molar-refractivity contribution is 5.88. The van der Waals surface area contributed by atoms with Gasteiger partial charge in [0.2, 0.25) is 0 Å². The molecule has 6 nitrogen and oxygen atoms in total. The maximum atomic E-state index is 11.4. The van der Waals surface area contributed by atoms with Crippen LogP contribution < -0.4 is 11.1 Å². The predicted molar refractivity (Wildman–Crippen MR) is 145 cm³/mol. The van der Waals surface area contributed by atoms with Gasteiger partial charge in [0, 0.05) is 17.0 Å². The van der Waals surface area contributed by atoms with Crippen LogP contribution in [0.1, 0.15) is 57.4 Å². The normalized spacial score (nSPS) is 33.4. The largest absolute Gasteiger partial charge is 0.393 e. The second kappa shape index (κ2) is 9.42. The van der Waals surface area contributed by atoms with E-state index in [2.05, 4.69) is 41.5 Å². The summed E-state index contributed by atoms with van der Waals surface area (Å²) in [4.78, 5) is 4.26. The summed E-state index contributed by atoms with van der Waals surface area (Å²) in [7, 11) is 3.75. The Bertz CT molecular complexity index is 1270. The summed E-state index contributed by atoms with van der Waals surface area (Å²) in [5, 5.41) is 37.8. The van der Waals surface area contributed by atoms with Crippen molar-refractivity contribution in [2.75, 3.05) is 19.8 Å². The molecule has 36 heavy (non-hydrogen) atoms. The van der Waals surface area contributed by atoms with Gasteiger partial charge < -0.3 is 26.4 Å². The Morgan fingerprint density at radius 3 is 2.67 bits per heavy atom. The van der Waals surface area contributed by atoms with Crippen LogP contribution in [0.2, 0.25) is 0 Å². The molecule has 2 aromatic rings. The van der Waals surface area contributed by atoms with Gasteiger partial charge in [-0.15, -0.1) is 0 Å². The Morgan fingerprint density at radius 1 is 1.11 bits per heavy atom. The first kappa shape index (κ1) is 25.2. The van der Waals surface area contributed by atoms with Crippen molar-refractivity contribution in [1.29, 1.82) is 0 Å². The van der Waals surface area contributed by atoms with Gasteiger partial charge in [-0.05, 0) is 105 Å². The number of benzene rings is 1. The minimum Gasteiger partial charge on any atom is -0.393 e. The third kappa shape index (κ3) is 4.20. The maximum Gasteiger partial charge on any atom is 0.123 e. The first-order chi connectivity index (χ1) is 17.2. The third-order valence-corrected chi connectivity index (χ3v) is 8.85. The van der Waals surface area contributed by atoms with Gasteiger partial charge in [0.15, 0.2) is 0 Å². The van der Waals surface area contributed by atoms with Crippen LogP contribution in [-0.2, 0) is 0 Å². The second-order valence-corrected chi connectivity index (χ2v) is 11.3. The van der Waals surface area contributed by atoms with Crippen LogP contribution in [0.3, 0.4) is 0 Å². The van der Waals surface area contributed by atoms with Gasteiger partial charge in [0.05, 0.1) is 17.8 Å². The van der Waals surface area contributed by atoms with Gasteiger partial charge in [-0.2, -0.15) is 0 Å². The first-order valence-electron chi connectivity index (χ1n) is 13.2. The van der Waals surface area contributed by atoms with Crippen molar-refractivity contribution in [3.63, 3.8) is 0 Å². The van der Waals surface area contributed by atoms with E-state index in [1.807, 2.05) is 32.4 Å². The number of aromatic nitrogens is 1. The lowest BCUT2D eigenvalue weighted by molar-refractivity contribution is 0.00863.